The lowest BCUT2D eigenvalue weighted by Gasteiger charge is -2.02. The molecule has 3 rings (SSSR count). The monoisotopic (exact) mass is 415 g/mol. The summed E-state index contributed by atoms with van der Waals surface area (Å²) in [6.07, 6.45) is 5.64. The SMILES string of the molecule is CSc1ncc2cc(Br)c3nc(CCCBr)nn3c2n1. The molecule has 8 heteroatoms. The lowest BCUT2D eigenvalue weighted by Crippen LogP contribution is -1.97. The van der Waals surface area contributed by atoms with E-state index in [4.69, 9.17) is 0 Å². The van der Waals surface area contributed by atoms with Gasteiger partial charge in [0.05, 0.1) is 4.47 Å². The molecule has 0 aromatic carbocycles. The molecule has 0 atom stereocenters. The molecule has 20 heavy (non-hydrogen) atoms. The molecule has 0 radical (unpaired) electrons. The minimum Gasteiger partial charge on any atom is -0.230 e. The topological polar surface area (TPSA) is 56.0 Å². The predicted octanol–water partition coefficient (Wildman–Crippen LogP) is 3.48. The van der Waals surface area contributed by atoms with Gasteiger partial charge in [0.25, 0.3) is 0 Å². The fourth-order valence-electron chi connectivity index (χ4n) is 1.93. The summed E-state index contributed by atoms with van der Waals surface area (Å²) in [4.78, 5) is 13.4. The fourth-order valence-corrected chi connectivity index (χ4v) is 3.04. The zero-order chi connectivity index (χ0) is 14.1. The smallest absolute Gasteiger partial charge is 0.189 e. The Morgan fingerprint density at radius 2 is 2.15 bits per heavy atom. The molecule has 0 spiro atoms. The molecule has 3 aromatic rings. The van der Waals surface area contributed by atoms with Crippen LogP contribution in [0.25, 0.3) is 16.7 Å². The van der Waals surface area contributed by atoms with Gasteiger partial charge in [-0.05, 0) is 34.7 Å². The second kappa shape index (κ2) is 5.95. The van der Waals surface area contributed by atoms with Gasteiger partial charge >= 0.3 is 0 Å². The largest absolute Gasteiger partial charge is 0.230 e. The molecule has 104 valence electrons. The number of hydrogen-bond acceptors (Lipinski definition) is 5. The lowest BCUT2D eigenvalue weighted by molar-refractivity contribution is 0.828. The van der Waals surface area contributed by atoms with Gasteiger partial charge in [-0.2, -0.15) is 4.52 Å². The Kier molecular flexibility index (Phi) is 4.23. The number of aryl methyl sites for hydroxylation is 1. The average Bonchev–Trinajstić information content (AvgIpc) is 2.90. The second-order valence-corrected chi connectivity index (χ2v) is 6.60. The molecule has 0 unspecified atom stereocenters. The highest BCUT2D eigenvalue weighted by Gasteiger charge is 2.12. The highest BCUT2D eigenvalue weighted by atomic mass is 79.9. The molecule has 5 nitrogen and oxygen atoms in total. The minimum atomic E-state index is 0.735. The van der Waals surface area contributed by atoms with E-state index in [1.54, 1.807) is 4.52 Å². The van der Waals surface area contributed by atoms with Crippen molar-refractivity contribution in [2.24, 2.45) is 0 Å². The molecular weight excluding hydrogens is 406 g/mol. The van der Waals surface area contributed by atoms with Gasteiger partial charge in [0.1, 0.15) is 0 Å². The molecule has 0 saturated heterocycles. The number of pyridine rings is 1. The third kappa shape index (κ3) is 2.56. The zero-order valence-corrected chi connectivity index (χ0v) is 14.7. The van der Waals surface area contributed by atoms with Crippen LogP contribution in [-0.2, 0) is 6.42 Å². The molecule has 0 fully saturated rings. The summed E-state index contributed by atoms with van der Waals surface area (Å²) in [5.74, 6) is 0.835. The van der Waals surface area contributed by atoms with E-state index in [0.29, 0.717) is 0 Å². The molecule has 0 saturated carbocycles. The van der Waals surface area contributed by atoms with Crippen LogP contribution >= 0.6 is 43.6 Å². The molecule has 0 amide bonds. The maximum atomic E-state index is 4.57. The third-order valence-electron chi connectivity index (χ3n) is 2.84. The first-order chi connectivity index (χ1) is 9.72. The average molecular weight is 417 g/mol. The minimum absolute atomic E-state index is 0.735. The Bertz CT molecular complexity index is 773. The van der Waals surface area contributed by atoms with Gasteiger partial charge in [-0.25, -0.2) is 15.0 Å². The van der Waals surface area contributed by atoms with Gasteiger partial charge in [-0.1, -0.05) is 27.7 Å². The van der Waals surface area contributed by atoms with Crippen molar-refractivity contribution in [2.75, 3.05) is 11.6 Å². The number of halogens is 2. The number of rotatable bonds is 4. The van der Waals surface area contributed by atoms with Gasteiger partial charge in [0, 0.05) is 23.3 Å². The molecular formula is C12H11Br2N5S. The Morgan fingerprint density at radius 3 is 2.90 bits per heavy atom. The van der Waals surface area contributed by atoms with Crippen LogP contribution in [0.1, 0.15) is 12.2 Å². The molecule has 3 aromatic heterocycles. The Hall–Kier alpha value is -0.730. The Balaban J connectivity index is 2.23. The van der Waals surface area contributed by atoms with Crippen molar-refractivity contribution in [3.05, 3.63) is 22.6 Å². The standard InChI is InChI=1S/C12H11Br2N5S/c1-20-12-15-6-7-5-8(14)11-16-9(3-2-4-13)18-19(11)10(7)17-12/h5-6H,2-4H2,1H3. The molecule has 0 bridgehead atoms. The first kappa shape index (κ1) is 14.2. The lowest BCUT2D eigenvalue weighted by atomic mass is 10.3. The normalized spacial score (nSPS) is 11.6. The van der Waals surface area contributed by atoms with Crippen molar-refractivity contribution in [3.8, 4) is 0 Å². The van der Waals surface area contributed by atoms with Crippen LogP contribution in [0.5, 0.6) is 0 Å². The summed E-state index contributed by atoms with van der Waals surface area (Å²) in [5, 5.41) is 7.20. The molecule has 0 aliphatic heterocycles. The van der Waals surface area contributed by atoms with E-state index >= 15 is 0 Å². The number of nitrogens with zero attached hydrogens (tertiary/aromatic N) is 5. The molecule has 0 aliphatic carbocycles. The van der Waals surface area contributed by atoms with Crippen LogP contribution in [0.2, 0.25) is 0 Å². The van der Waals surface area contributed by atoms with Gasteiger partial charge in [0.15, 0.2) is 22.3 Å². The van der Waals surface area contributed by atoms with E-state index in [2.05, 4.69) is 51.9 Å². The highest BCUT2D eigenvalue weighted by molar-refractivity contribution is 9.10. The Labute approximate surface area is 136 Å². The summed E-state index contributed by atoms with van der Waals surface area (Å²) in [6.45, 7) is 0. The summed E-state index contributed by atoms with van der Waals surface area (Å²) >= 11 is 8.49. The molecule has 3 heterocycles. The number of thioether (sulfide) groups is 1. The van der Waals surface area contributed by atoms with Crippen molar-refractivity contribution in [1.82, 2.24) is 24.6 Å². The first-order valence-electron chi connectivity index (χ1n) is 6.04. The van der Waals surface area contributed by atoms with Crippen LogP contribution in [0.3, 0.4) is 0 Å². The zero-order valence-electron chi connectivity index (χ0n) is 10.7. The fraction of sp³-hybridized carbons (Fsp3) is 0.333. The first-order valence-corrected chi connectivity index (χ1v) is 9.17. The third-order valence-corrected chi connectivity index (χ3v) is 4.54. The van der Waals surface area contributed by atoms with E-state index in [1.807, 2.05) is 18.5 Å². The second-order valence-electron chi connectivity index (χ2n) is 4.18. The van der Waals surface area contributed by atoms with Gasteiger partial charge in [0.2, 0.25) is 0 Å². The van der Waals surface area contributed by atoms with Crippen LogP contribution in [0.4, 0.5) is 0 Å². The van der Waals surface area contributed by atoms with E-state index in [1.165, 1.54) is 11.8 Å². The van der Waals surface area contributed by atoms with Crippen LogP contribution in [-0.4, -0.2) is 36.2 Å². The quantitative estimate of drug-likeness (QED) is 0.370. The van der Waals surface area contributed by atoms with Crippen LogP contribution in [0, 0.1) is 0 Å². The van der Waals surface area contributed by atoms with E-state index in [9.17, 15) is 0 Å². The summed E-state index contributed by atoms with van der Waals surface area (Å²) < 4.78 is 2.70. The number of alkyl halides is 1. The van der Waals surface area contributed by atoms with Crippen molar-refractivity contribution in [2.45, 2.75) is 18.0 Å². The number of aromatic nitrogens is 5. The molecule has 0 N–H and O–H groups in total. The summed E-state index contributed by atoms with van der Waals surface area (Å²) in [5.41, 5.74) is 1.59. The summed E-state index contributed by atoms with van der Waals surface area (Å²) in [6, 6.07) is 1.98. The van der Waals surface area contributed by atoms with Gasteiger partial charge in [-0.15, -0.1) is 5.10 Å². The van der Waals surface area contributed by atoms with Crippen LogP contribution in [0.15, 0.2) is 21.9 Å². The van der Waals surface area contributed by atoms with Crippen molar-refractivity contribution >= 4 is 60.3 Å². The van der Waals surface area contributed by atoms with Gasteiger partial charge in [-0.3, -0.25) is 0 Å². The highest BCUT2D eigenvalue weighted by Crippen LogP contribution is 2.24. The summed E-state index contributed by atoms with van der Waals surface area (Å²) in [7, 11) is 0. The van der Waals surface area contributed by atoms with Crippen molar-refractivity contribution in [1.29, 1.82) is 0 Å². The predicted molar refractivity (Wildman–Crippen MR) is 87.7 cm³/mol. The van der Waals surface area contributed by atoms with Crippen molar-refractivity contribution < 1.29 is 0 Å². The maximum absolute atomic E-state index is 4.57. The Morgan fingerprint density at radius 1 is 1.30 bits per heavy atom. The van der Waals surface area contributed by atoms with Crippen LogP contribution < -0.4 is 0 Å². The van der Waals surface area contributed by atoms with Crippen molar-refractivity contribution in [3.63, 3.8) is 0 Å². The van der Waals surface area contributed by atoms with E-state index in [0.717, 1.165) is 50.3 Å². The van der Waals surface area contributed by atoms with Gasteiger partial charge < -0.3 is 0 Å². The number of fused-ring (bicyclic) bond motifs is 3. The van der Waals surface area contributed by atoms with E-state index in [-0.39, 0.29) is 0 Å². The maximum Gasteiger partial charge on any atom is 0.189 e. The molecule has 0 aliphatic rings. The van der Waals surface area contributed by atoms with E-state index < -0.39 is 0 Å². The number of hydrogen-bond donors (Lipinski definition) is 0.